The molecule has 6 heteroatoms. The first-order chi connectivity index (χ1) is 11.9. The number of benzene rings is 1. The van der Waals surface area contributed by atoms with Gasteiger partial charge in [0.15, 0.2) is 0 Å². The predicted octanol–water partition coefficient (Wildman–Crippen LogP) is 3.05. The normalized spacial score (nSPS) is 28.0. The number of hydrogen-bond acceptors (Lipinski definition) is 3. The Balaban J connectivity index is 1.46. The number of fused-ring (bicyclic) bond motifs is 1. The Kier molecular flexibility index (Phi) is 3.78. The van der Waals surface area contributed by atoms with E-state index < -0.39 is 5.67 Å². The van der Waals surface area contributed by atoms with E-state index in [0.717, 1.165) is 11.4 Å². The van der Waals surface area contributed by atoms with Crippen molar-refractivity contribution in [3.8, 4) is 5.75 Å². The zero-order valence-corrected chi connectivity index (χ0v) is 14.5. The van der Waals surface area contributed by atoms with Gasteiger partial charge in [0.25, 0.3) is 5.91 Å². The van der Waals surface area contributed by atoms with Gasteiger partial charge in [0.2, 0.25) is 0 Å². The van der Waals surface area contributed by atoms with Crippen LogP contribution >= 0.6 is 0 Å². The highest BCUT2D eigenvalue weighted by atomic mass is 19.1. The first-order valence-electron chi connectivity index (χ1n) is 8.68. The van der Waals surface area contributed by atoms with E-state index >= 15 is 0 Å². The van der Waals surface area contributed by atoms with Crippen LogP contribution in [0.15, 0.2) is 36.4 Å². The van der Waals surface area contributed by atoms with Crippen molar-refractivity contribution in [2.24, 2.45) is 5.92 Å². The molecule has 1 fully saturated rings. The molecule has 1 aromatic heterocycles. The Labute approximate surface area is 146 Å². The van der Waals surface area contributed by atoms with Gasteiger partial charge in [-0.2, -0.15) is 5.10 Å². The molecular weight excluding hydrogens is 321 g/mol. The minimum atomic E-state index is -1.12. The van der Waals surface area contributed by atoms with Crippen molar-refractivity contribution < 1.29 is 13.9 Å². The second kappa shape index (κ2) is 5.86. The van der Waals surface area contributed by atoms with E-state index in [1.807, 2.05) is 37.3 Å². The molecule has 132 valence electrons. The predicted molar refractivity (Wildman–Crippen MR) is 91.1 cm³/mol. The average molecular weight is 343 g/mol. The third kappa shape index (κ3) is 3.13. The Bertz CT molecular complexity index is 787. The zero-order chi connectivity index (χ0) is 17.6. The van der Waals surface area contributed by atoms with Crippen molar-refractivity contribution in [3.63, 3.8) is 0 Å². The van der Waals surface area contributed by atoms with Crippen LogP contribution in [-0.4, -0.2) is 38.8 Å². The summed E-state index contributed by atoms with van der Waals surface area (Å²) in [6.07, 6.45) is 0.541. The van der Waals surface area contributed by atoms with Crippen LogP contribution in [-0.2, 0) is 13.2 Å². The first kappa shape index (κ1) is 16.1. The maximum atomic E-state index is 13.9. The molecule has 1 aromatic carbocycles. The minimum Gasteiger partial charge on any atom is -0.487 e. The molecule has 1 saturated carbocycles. The molecular formula is C19H22FN3O2. The molecule has 0 radical (unpaired) electrons. The van der Waals surface area contributed by atoms with Crippen LogP contribution in [0.25, 0.3) is 0 Å². The average Bonchev–Trinajstić information content (AvgIpc) is 3.00. The van der Waals surface area contributed by atoms with E-state index in [-0.39, 0.29) is 17.9 Å². The maximum Gasteiger partial charge on any atom is 0.272 e. The van der Waals surface area contributed by atoms with Gasteiger partial charge in [0, 0.05) is 18.5 Å². The summed E-state index contributed by atoms with van der Waals surface area (Å²) in [6, 6.07) is 11.3. The van der Waals surface area contributed by atoms with Gasteiger partial charge < -0.3 is 9.64 Å². The van der Waals surface area contributed by atoms with Gasteiger partial charge in [0.05, 0.1) is 6.54 Å². The molecule has 25 heavy (non-hydrogen) atoms. The molecule has 5 nitrogen and oxygen atoms in total. The molecule has 1 aliphatic heterocycles. The molecule has 0 N–H and O–H groups in total. The number of carbonyl (C=O) groups is 1. The fraction of sp³-hybridized carbons (Fsp3) is 0.474. The lowest BCUT2D eigenvalue weighted by atomic mass is 10.1. The number of hydrogen-bond donors (Lipinski definition) is 0. The van der Waals surface area contributed by atoms with Crippen molar-refractivity contribution in [1.82, 2.24) is 14.7 Å². The van der Waals surface area contributed by atoms with E-state index in [4.69, 9.17) is 4.74 Å². The van der Waals surface area contributed by atoms with Crippen molar-refractivity contribution in [1.29, 1.82) is 0 Å². The van der Waals surface area contributed by atoms with E-state index in [9.17, 15) is 9.18 Å². The number of aromatic nitrogens is 2. The van der Waals surface area contributed by atoms with Crippen LogP contribution < -0.4 is 4.74 Å². The summed E-state index contributed by atoms with van der Waals surface area (Å²) in [5.41, 5.74) is 0.167. The third-order valence-electron chi connectivity index (χ3n) is 5.16. The Morgan fingerprint density at radius 1 is 1.36 bits per heavy atom. The fourth-order valence-corrected chi connectivity index (χ4v) is 3.40. The van der Waals surface area contributed by atoms with Gasteiger partial charge in [-0.15, -0.1) is 0 Å². The number of ether oxygens (including phenoxy) is 1. The molecule has 1 amide bonds. The Morgan fingerprint density at radius 3 is 2.76 bits per heavy atom. The fourth-order valence-electron chi connectivity index (χ4n) is 3.40. The Morgan fingerprint density at radius 2 is 2.08 bits per heavy atom. The molecule has 3 atom stereocenters. The zero-order valence-electron chi connectivity index (χ0n) is 14.5. The van der Waals surface area contributed by atoms with Crippen molar-refractivity contribution in [2.45, 2.75) is 45.1 Å². The van der Waals surface area contributed by atoms with E-state index in [1.165, 1.54) is 0 Å². The summed E-state index contributed by atoms with van der Waals surface area (Å²) < 4.78 is 21.3. The molecule has 2 heterocycles. The number of rotatable bonds is 5. The van der Waals surface area contributed by atoms with Crippen LogP contribution in [0.2, 0.25) is 0 Å². The maximum absolute atomic E-state index is 13.9. The smallest absolute Gasteiger partial charge is 0.272 e. The van der Waals surface area contributed by atoms with Gasteiger partial charge in [-0.3, -0.25) is 9.48 Å². The third-order valence-corrected chi connectivity index (χ3v) is 5.16. The number of carbonyl (C=O) groups excluding carboxylic acids is 1. The largest absolute Gasteiger partial charge is 0.487 e. The van der Waals surface area contributed by atoms with Crippen LogP contribution in [0.4, 0.5) is 4.39 Å². The highest BCUT2D eigenvalue weighted by Crippen LogP contribution is 2.47. The number of alkyl halides is 1. The van der Waals surface area contributed by atoms with Gasteiger partial charge >= 0.3 is 0 Å². The number of nitrogens with zero attached hydrogens (tertiary/aromatic N) is 3. The first-order valence-corrected chi connectivity index (χ1v) is 8.68. The Hall–Kier alpha value is -2.37. The molecule has 0 saturated heterocycles. The quantitative estimate of drug-likeness (QED) is 0.838. The van der Waals surface area contributed by atoms with E-state index in [1.54, 1.807) is 22.6 Å². The lowest BCUT2D eigenvalue weighted by Crippen LogP contribution is -2.47. The van der Waals surface area contributed by atoms with Gasteiger partial charge in [-0.1, -0.05) is 18.2 Å². The second-order valence-corrected chi connectivity index (χ2v) is 7.29. The minimum absolute atomic E-state index is 0.0131. The van der Waals surface area contributed by atoms with Crippen molar-refractivity contribution in [3.05, 3.63) is 47.8 Å². The molecule has 2 aromatic rings. The summed E-state index contributed by atoms with van der Waals surface area (Å²) in [4.78, 5) is 14.6. The van der Waals surface area contributed by atoms with Crippen LogP contribution in [0.1, 0.15) is 36.5 Å². The summed E-state index contributed by atoms with van der Waals surface area (Å²) in [5.74, 6) is 0.653. The summed E-state index contributed by atoms with van der Waals surface area (Å²) >= 11 is 0. The summed E-state index contributed by atoms with van der Waals surface area (Å²) in [6.45, 7) is 5.02. The van der Waals surface area contributed by atoms with Crippen LogP contribution in [0, 0.1) is 5.92 Å². The summed E-state index contributed by atoms with van der Waals surface area (Å²) in [7, 11) is 0. The lowest BCUT2D eigenvalue weighted by Gasteiger charge is -2.34. The number of amides is 1. The van der Waals surface area contributed by atoms with Crippen LogP contribution in [0.3, 0.4) is 0 Å². The topological polar surface area (TPSA) is 47.4 Å². The van der Waals surface area contributed by atoms with E-state index in [0.29, 0.717) is 31.8 Å². The number of halogens is 1. The molecule has 1 aliphatic carbocycles. The van der Waals surface area contributed by atoms with E-state index in [2.05, 4.69) is 5.10 Å². The lowest BCUT2D eigenvalue weighted by molar-refractivity contribution is 0.0578. The summed E-state index contributed by atoms with van der Waals surface area (Å²) in [5, 5.41) is 4.49. The van der Waals surface area contributed by atoms with Gasteiger partial charge in [-0.05, 0) is 38.5 Å². The number of para-hydroxylation sites is 1. The molecule has 2 unspecified atom stereocenters. The van der Waals surface area contributed by atoms with Gasteiger partial charge in [0.1, 0.15) is 29.4 Å². The van der Waals surface area contributed by atoms with Crippen molar-refractivity contribution >= 4 is 5.91 Å². The molecule has 2 aliphatic rings. The SMILES string of the molecule is C[C@@H]1Cn2nc(COc3ccccc3)cc2C(=O)N1CC1CC1(C)F. The monoisotopic (exact) mass is 343 g/mol. The standard InChI is InChI=1S/C19H22FN3O2/c1-13-10-23-17(18(24)22(13)11-14-9-19(14,2)20)8-15(21-23)12-25-16-6-4-3-5-7-16/h3-8,13-14H,9-12H2,1-2H3/t13-,14?,19?/m1/s1. The van der Waals surface area contributed by atoms with Crippen molar-refractivity contribution in [2.75, 3.05) is 6.54 Å². The molecule has 4 rings (SSSR count). The molecule has 0 spiro atoms. The molecule has 0 bridgehead atoms. The highest BCUT2D eigenvalue weighted by Gasteiger charge is 2.52. The highest BCUT2D eigenvalue weighted by molar-refractivity contribution is 5.93. The van der Waals surface area contributed by atoms with Gasteiger partial charge in [-0.25, -0.2) is 4.39 Å². The second-order valence-electron chi connectivity index (χ2n) is 7.29. The van der Waals surface area contributed by atoms with Crippen LogP contribution in [0.5, 0.6) is 5.75 Å².